The molecule has 1 N–H and O–H groups in total. The van der Waals surface area contributed by atoms with Crippen LogP contribution in [-0.4, -0.2) is 24.1 Å². The van der Waals surface area contributed by atoms with Gasteiger partial charge in [-0.05, 0) is 25.1 Å². The number of carbonyl (C=O) groups is 2. The van der Waals surface area contributed by atoms with Gasteiger partial charge in [-0.25, -0.2) is 4.79 Å². The zero-order valence-corrected chi connectivity index (χ0v) is 12.0. The van der Waals surface area contributed by atoms with Crippen molar-refractivity contribution in [2.75, 3.05) is 12.4 Å². The van der Waals surface area contributed by atoms with Crippen LogP contribution in [0.3, 0.4) is 0 Å². The Labute approximate surface area is 126 Å². The van der Waals surface area contributed by atoms with Gasteiger partial charge >= 0.3 is 5.97 Å². The van der Waals surface area contributed by atoms with Gasteiger partial charge in [0, 0.05) is 6.07 Å². The number of benzene rings is 1. The molecule has 1 heterocycles. The molecule has 0 fully saturated rings. The first-order valence-electron chi connectivity index (χ1n) is 6.38. The van der Waals surface area contributed by atoms with E-state index in [1.54, 1.807) is 13.0 Å². The number of hydrogen-bond acceptors (Lipinski definition) is 6. The standard InChI is InChI=1S/C15H13N3O4/c1-9-5-11(22-18-9)7-14(19)17-13-4-3-10(8-16)6-12(13)15(20)21-2/h3-6H,7H2,1-2H3,(H,17,19). The highest BCUT2D eigenvalue weighted by atomic mass is 16.5. The minimum absolute atomic E-state index is 0.0124. The minimum Gasteiger partial charge on any atom is -0.465 e. The lowest BCUT2D eigenvalue weighted by Crippen LogP contribution is -2.17. The SMILES string of the molecule is COC(=O)c1cc(C#N)ccc1NC(=O)Cc1cc(C)no1. The molecule has 0 radical (unpaired) electrons. The number of anilines is 1. The van der Waals surface area contributed by atoms with Crippen molar-refractivity contribution in [3.05, 3.63) is 46.8 Å². The summed E-state index contributed by atoms with van der Waals surface area (Å²) in [6, 6.07) is 7.92. The van der Waals surface area contributed by atoms with E-state index in [2.05, 4.69) is 15.2 Å². The van der Waals surface area contributed by atoms with Crippen LogP contribution in [0.25, 0.3) is 0 Å². The van der Waals surface area contributed by atoms with Crippen LogP contribution in [0.4, 0.5) is 5.69 Å². The smallest absolute Gasteiger partial charge is 0.340 e. The summed E-state index contributed by atoms with van der Waals surface area (Å²) in [6.45, 7) is 1.75. The average Bonchev–Trinajstić information content (AvgIpc) is 2.91. The number of aromatic nitrogens is 1. The molecule has 0 saturated heterocycles. The van der Waals surface area contributed by atoms with Gasteiger partial charge in [0.2, 0.25) is 5.91 Å². The van der Waals surface area contributed by atoms with E-state index < -0.39 is 5.97 Å². The number of nitriles is 1. The van der Waals surface area contributed by atoms with E-state index in [9.17, 15) is 9.59 Å². The Bertz CT molecular complexity index is 758. The quantitative estimate of drug-likeness (QED) is 0.863. The molecule has 0 unspecified atom stereocenters. The number of amides is 1. The summed E-state index contributed by atoms with van der Waals surface area (Å²) < 4.78 is 9.61. The van der Waals surface area contributed by atoms with Gasteiger partial charge in [0.05, 0.1) is 42.1 Å². The van der Waals surface area contributed by atoms with Crippen molar-refractivity contribution in [2.45, 2.75) is 13.3 Å². The number of rotatable bonds is 4. The third kappa shape index (κ3) is 3.49. The number of ether oxygens (including phenoxy) is 1. The molecule has 0 spiro atoms. The van der Waals surface area contributed by atoms with Crippen LogP contribution in [-0.2, 0) is 16.0 Å². The molecule has 2 rings (SSSR count). The fourth-order valence-electron chi connectivity index (χ4n) is 1.85. The van der Waals surface area contributed by atoms with Crippen LogP contribution in [0.2, 0.25) is 0 Å². The normalized spacial score (nSPS) is 9.86. The molecule has 22 heavy (non-hydrogen) atoms. The number of methoxy groups -OCH3 is 1. The fraction of sp³-hybridized carbons (Fsp3) is 0.200. The second kappa shape index (κ2) is 6.54. The second-order valence-corrected chi connectivity index (χ2v) is 4.52. The lowest BCUT2D eigenvalue weighted by atomic mass is 10.1. The van der Waals surface area contributed by atoms with Gasteiger partial charge < -0.3 is 14.6 Å². The Morgan fingerprint density at radius 2 is 2.18 bits per heavy atom. The lowest BCUT2D eigenvalue weighted by molar-refractivity contribution is -0.115. The number of nitrogens with one attached hydrogen (secondary N) is 1. The third-order valence-corrected chi connectivity index (χ3v) is 2.84. The highest BCUT2D eigenvalue weighted by Crippen LogP contribution is 2.19. The van der Waals surface area contributed by atoms with Gasteiger partial charge in [0.1, 0.15) is 5.76 Å². The van der Waals surface area contributed by atoms with Crippen molar-refractivity contribution < 1.29 is 18.8 Å². The molecule has 7 nitrogen and oxygen atoms in total. The second-order valence-electron chi connectivity index (χ2n) is 4.52. The predicted molar refractivity (Wildman–Crippen MR) is 76.1 cm³/mol. The molecule has 1 aromatic heterocycles. The molecule has 0 aliphatic heterocycles. The highest BCUT2D eigenvalue weighted by molar-refractivity contribution is 6.01. The summed E-state index contributed by atoms with van der Waals surface area (Å²) in [4.78, 5) is 23.7. The maximum Gasteiger partial charge on any atom is 0.340 e. The Morgan fingerprint density at radius 1 is 1.41 bits per heavy atom. The molecule has 2 aromatic rings. The van der Waals surface area contributed by atoms with E-state index in [1.165, 1.54) is 25.3 Å². The van der Waals surface area contributed by atoms with Crippen molar-refractivity contribution in [1.29, 1.82) is 5.26 Å². The number of carbonyl (C=O) groups excluding carboxylic acids is 2. The van der Waals surface area contributed by atoms with E-state index >= 15 is 0 Å². The topological polar surface area (TPSA) is 105 Å². The largest absolute Gasteiger partial charge is 0.465 e. The van der Waals surface area contributed by atoms with E-state index in [0.717, 1.165) is 0 Å². The summed E-state index contributed by atoms with van der Waals surface area (Å²) in [5.74, 6) is -0.586. The third-order valence-electron chi connectivity index (χ3n) is 2.84. The highest BCUT2D eigenvalue weighted by Gasteiger charge is 2.16. The minimum atomic E-state index is -0.636. The van der Waals surface area contributed by atoms with Crippen LogP contribution in [0.5, 0.6) is 0 Å². The predicted octanol–water partition coefficient (Wildman–Crippen LogP) is 1.82. The number of hydrogen-bond donors (Lipinski definition) is 1. The van der Waals surface area contributed by atoms with Crippen molar-refractivity contribution >= 4 is 17.6 Å². The van der Waals surface area contributed by atoms with Gasteiger partial charge in [-0.2, -0.15) is 5.26 Å². The Kier molecular flexibility index (Phi) is 4.53. The van der Waals surface area contributed by atoms with E-state index in [-0.39, 0.29) is 23.6 Å². The molecule has 7 heteroatoms. The van der Waals surface area contributed by atoms with Crippen molar-refractivity contribution in [3.8, 4) is 6.07 Å². The molecule has 0 aliphatic carbocycles. The molecule has 112 valence electrons. The van der Waals surface area contributed by atoms with Crippen LogP contribution >= 0.6 is 0 Å². The van der Waals surface area contributed by atoms with Gasteiger partial charge in [0.15, 0.2) is 0 Å². The molecule has 0 bridgehead atoms. The maximum atomic E-state index is 12.0. The maximum absolute atomic E-state index is 12.0. The van der Waals surface area contributed by atoms with E-state index in [0.29, 0.717) is 17.0 Å². The van der Waals surface area contributed by atoms with Crippen molar-refractivity contribution in [2.24, 2.45) is 0 Å². The number of aryl methyl sites for hydroxylation is 1. The lowest BCUT2D eigenvalue weighted by Gasteiger charge is -2.09. The molecule has 0 atom stereocenters. The first-order valence-corrected chi connectivity index (χ1v) is 6.38. The fourth-order valence-corrected chi connectivity index (χ4v) is 1.85. The van der Waals surface area contributed by atoms with Gasteiger partial charge in [-0.1, -0.05) is 5.16 Å². The zero-order chi connectivity index (χ0) is 16.1. The first-order chi connectivity index (χ1) is 10.5. The summed E-state index contributed by atoms with van der Waals surface area (Å²) in [5.41, 5.74) is 1.36. The molecular weight excluding hydrogens is 286 g/mol. The molecule has 0 aliphatic rings. The first kappa shape index (κ1) is 15.3. The van der Waals surface area contributed by atoms with Crippen LogP contribution < -0.4 is 5.32 Å². The molecule has 1 amide bonds. The van der Waals surface area contributed by atoms with Crippen LogP contribution in [0, 0.1) is 18.3 Å². The number of esters is 1. The van der Waals surface area contributed by atoms with Gasteiger partial charge in [0.25, 0.3) is 0 Å². The van der Waals surface area contributed by atoms with Gasteiger partial charge in [-0.3, -0.25) is 4.79 Å². The van der Waals surface area contributed by atoms with E-state index in [1.807, 2.05) is 6.07 Å². The molecular formula is C15H13N3O4. The monoisotopic (exact) mass is 299 g/mol. The van der Waals surface area contributed by atoms with E-state index in [4.69, 9.17) is 9.78 Å². The van der Waals surface area contributed by atoms with Crippen LogP contribution in [0.1, 0.15) is 27.4 Å². The summed E-state index contributed by atoms with van der Waals surface area (Å²) in [6.07, 6.45) is -0.0124. The Morgan fingerprint density at radius 3 is 2.77 bits per heavy atom. The molecule has 0 saturated carbocycles. The Hall–Kier alpha value is -3.14. The molecule has 1 aromatic carbocycles. The number of nitrogens with zero attached hydrogens (tertiary/aromatic N) is 2. The van der Waals surface area contributed by atoms with Crippen LogP contribution in [0.15, 0.2) is 28.8 Å². The Balaban J connectivity index is 2.19. The van der Waals surface area contributed by atoms with Crippen molar-refractivity contribution in [1.82, 2.24) is 5.16 Å². The summed E-state index contributed by atoms with van der Waals surface area (Å²) >= 11 is 0. The average molecular weight is 299 g/mol. The summed E-state index contributed by atoms with van der Waals surface area (Å²) in [5, 5.41) is 15.2. The van der Waals surface area contributed by atoms with Gasteiger partial charge in [-0.15, -0.1) is 0 Å². The summed E-state index contributed by atoms with van der Waals surface area (Å²) in [7, 11) is 1.23. The zero-order valence-electron chi connectivity index (χ0n) is 12.0. The van der Waals surface area contributed by atoms with Crippen molar-refractivity contribution in [3.63, 3.8) is 0 Å².